The molecular formula is C20H21NO5. The SMILES string of the molecule is CCOC(=O)c1ccc(NC(=O)COC(=O)c2cc(C)cc(C)c2)cc1. The zero-order chi connectivity index (χ0) is 19.1. The van der Waals surface area contributed by atoms with Crippen LogP contribution in [0.25, 0.3) is 0 Å². The number of amides is 1. The second-order valence-corrected chi connectivity index (χ2v) is 5.80. The third-order valence-corrected chi connectivity index (χ3v) is 3.47. The predicted molar refractivity (Wildman–Crippen MR) is 97.2 cm³/mol. The highest BCUT2D eigenvalue weighted by molar-refractivity contribution is 5.96. The lowest BCUT2D eigenvalue weighted by Gasteiger charge is -2.08. The molecule has 6 heteroatoms. The molecule has 136 valence electrons. The largest absolute Gasteiger partial charge is 0.462 e. The molecule has 0 fully saturated rings. The van der Waals surface area contributed by atoms with Crippen LogP contribution in [0.4, 0.5) is 5.69 Å². The number of anilines is 1. The molecule has 2 aromatic carbocycles. The fraction of sp³-hybridized carbons (Fsp3) is 0.250. The second kappa shape index (κ2) is 8.80. The van der Waals surface area contributed by atoms with Crippen molar-refractivity contribution in [2.75, 3.05) is 18.5 Å². The van der Waals surface area contributed by atoms with Crippen molar-refractivity contribution in [3.63, 3.8) is 0 Å². The molecular weight excluding hydrogens is 334 g/mol. The van der Waals surface area contributed by atoms with Crippen molar-refractivity contribution in [3.8, 4) is 0 Å². The summed E-state index contributed by atoms with van der Waals surface area (Å²) in [6.07, 6.45) is 0. The quantitative estimate of drug-likeness (QED) is 0.804. The first-order valence-corrected chi connectivity index (χ1v) is 8.21. The Morgan fingerprint density at radius 2 is 1.42 bits per heavy atom. The standard InChI is InChI=1S/C20H21NO5/c1-4-25-19(23)15-5-7-17(8-6-15)21-18(22)12-26-20(24)16-10-13(2)9-14(3)11-16/h5-11H,4,12H2,1-3H3,(H,21,22). The van der Waals surface area contributed by atoms with Crippen molar-refractivity contribution < 1.29 is 23.9 Å². The van der Waals surface area contributed by atoms with Gasteiger partial charge in [-0.2, -0.15) is 0 Å². The molecule has 0 aliphatic rings. The van der Waals surface area contributed by atoms with Gasteiger partial charge in [0.2, 0.25) is 0 Å². The van der Waals surface area contributed by atoms with E-state index >= 15 is 0 Å². The molecule has 0 heterocycles. The lowest BCUT2D eigenvalue weighted by molar-refractivity contribution is -0.119. The number of carbonyl (C=O) groups is 3. The Hall–Kier alpha value is -3.15. The Kier molecular flexibility index (Phi) is 6.49. The van der Waals surface area contributed by atoms with Gasteiger partial charge in [0, 0.05) is 5.69 Å². The zero-order valence-corrected chi connectivity index (χ0v) is 15.0. The van der Waals surface area contributed by atoms with Gasteiger partial charge in [-0.3, -0.25) is 4.79 Å². The lowest BCUT2D eigenvalue weighted by atomic mass is 10.1. The monoisotopic (exact) mass is 355 g/mol. The molecule has 6 nitrogen and oxygen atoms in total. The van der Waals surface area contributed by atoms with Crippen LogP contribution in [0.1, 0.15) is 38.8 Å². The fourth-order valence-corrected chi connectivity index (χ4v) is 2.41. The first-order valence-electron chi connectivity index (χ1n) is 8.21. The number of carbonyl (C=O) groups excluding carboxylic acids is 3. The molecule has 0 unspecified atom stereocenters. The molecule has 0 aliphatic heterocycles. The third-order valence-electron chi connectivity index (χ3n) is 3.47. The number of benzene rings is 2. The minimum absolute atomic E-state index is 0.295. The summed E-state index contributed by atoms with van der Waals surface area (Å²) < 4.78 is 9.93. The van der Waals surface area contributed by atoms with Gasteiger partial charge in [-0.25, -0.2) is 9.59 Å². The number of aryl methyl sites for hydroxylation is 2. The normalized spacial score (nSPS) is 10.1. The Morgan fingerprint density at radius 1 is 0.846 bits per heavy atom. The third kappa shape index (κ3) is 5.44. The number of hydrogen-bond acceptors (Lipinski definition) is 5. The Balaban J connectivity index is 1.88. The Bertz CT molecular complexity index is 791. The highest BCUT2D eigenvalue weighted by Gasteiger charge is 2.12. The first kappa shape index (κ1) is 19.2. The van der Waals surface area contributed by atoms with E-state index in [9.17, 15) is 14.4 Å². The topological polar surface area (TPSA) is 81.7 Å². The summed E-state index contributed by atoms with van der Waals surface area (Å²) in [5.74, 6) is -1.44. The number of hydrogen-bond donors (Lipinski definition) is 1. The van der Waals surface area contributed by atoms with Gasteiger partial charge >= 0.3 is 11.9 Å². The molecule has 0 atom stereocenters. The average Bonchev–Trinajstić information content (AvgIpc) is 2.59. The van der Waals surface area contributed by atoms with Crippen LogP contribution < -0.4 is 5.32 Å². The molecule has 1 N–H and O–H groups in total. The van der Waals surface area contributed by atoms with Gasteiger partial charge in [-0.05, 0) is 57.2 Å². The van der Waals surface area contributed by atoms with E-state index < -0.39 is 24.5 Å². The highest BCUT2D eigenvalue weighted by atomic mass is 16.5. The van der Waals surface area contributed by atoms with E-state index in [1.165, 1.54) is 0 Å². The van der Waals surface area contributed by atoms with Crippen molar-refractivity contribution in [1.29, 1.82) is 0 Å². The van der Waals surface area contributed by atoms with Crippen molar-refractivity contribution in [3.05, 3.63) is 64.7 Å². The molecule has 0 saturated heterocycles. The Morgan fingerprint density at radius 3 is 2.00 bits per heavy atom. The van der Waals surface area contributed by atoms with Crippen molar-refractivity contribution in [2.24, 2.45) is 0 Å². The van der Waals surface area contributed by atoms with Gasteiger partial charge in [0.15, 0.2) is 6.61 Å². The number of ether oxygens (including phenoxy) is 2. The lowest BCUT2D eigenvalue weighted by Crippen LogP contribution is -2.21. The molecule has 0 aromatic heterocycles. The maximum Gasteiger partial charge on any atom is 0.338 e. The van der Waals surface area contributed by atoms with Crippen LogP contribution in [-0.4, -0.2) is 31.1 Å². The van der Waals surface area contributed by atoms with Gasteiger partial charge in [0.25, 0.3) is 5.91 Å². The van der Waals surface area contributed by atoms with E-state index in [4.69, 9.17) is 9.47 Å². The van der Waals surface area contributed by atoms with E-state index in [-0.39, 0.29) is 0 Å². The molecule has 0 saturated carbocycles. The zero-order valence-electron chi connectivity index (χ0n) is 15.0. The fourth-order valence-electron chi connectivity index (χ4n) is 2.41. The summed E-state index contributed by atoms with van der Waals surface area (Å²) >= 11 is 0. The van der Waals surface area contributed by atoms with Gasteiger partial charge in [0.05, 0.1) is 17.7 Å². The molecule has 0 spiro atoms. The summed E-state index contributed by atoms with van der Waals surface area (Å²) in [4.78, 5) is 35.5. The number of nitrogens with one attached hydrogen (secondary N) is 1. The van der Waals surface area contributed by atoms with E-state index in [2.05, 4.69) is 5.32 Å². The number of rotatable bonds is 6. The van der Waals surface area contributed by atoms with Crippen LogP contribution in [0.5, 0.6) is 0 Å². The summed E-state index contributed by atoms with van der Waals surface area (Å²) in [5.41, 5.74) is 3.19. The summed E-state index contributed by atoms with van der Waals surface area (Å²) in [6.45, 7) is 5.40. The molecule has 26 heavy (non-hydrogen) atoms. The van der Waals surface area contributed by atoms with Crippen LogP contribution in [0.2, 0.25) is 0 Å². The average molecular weight is 355 g/mol. The summed E-state index contributed by atoms with van der Waals surface area (Å²) in [5, 5.41) is 2.60. The van der Waals surface area contributed by atoms with Crippen LogP contribution >= 0.6 is 0 Å². The minimum atomic E-state index is -0.551. The van der Waals surface area contributed by atoms with E-state index in [1.54, 1.807) is 43.3 Å². The van der Waals surface area contributed by atoms with E-state index in [1.807, 2.05) is 19.9 Å². The van der Waals surface area contributed by atoms with Crippen LogP contribution in [0.15, 0.2) is 42.5 Å². The van der Waals surface area contributed by atoms with Crippen molar-refractivity contribution in [2.45, 2.75) is 20.8 Å². The van der Waals surface area contributed by atoms with Gasteiger partial charge < -0.3 is 14.8 Å². The van der Waals surface area contributed by atoms with Crippen molar-refractivity contribution >= 4 is 23.5 Å². The van der Waals surface area contributed by atoms with Crippen LogP contribution in [-0.2, 0) is 14.3 Å². The molecule has 2 aromatic rings. The molecule has 1 amide bonds. The van der Waals surface area contributed by atoms with E-state index in [0.717, 1.165) is 11.1 Å². The highest BCUT2D eigenvalue weighted by Crippen LogP contribution is 2.12. The number of esters is 2. The maximum absolute atomic E-state index is 12.0. The van der Waals surface area contributed by atoms with Crippen molar-refractivity contribution in [1.82, 2.24) is 0 Å². The first-order chi connectivity index (χ1) is 12.4. The molecule has 2 rings (SSSR count). The van der Waals surface area contributed by atoms with Gasteiger partial charge in [-0.1, -0.05) is 17.2 Å². The summed E-state index contributed by atoms with van der Waals surface area (Å²) in [6, 6.07) is 11.6. The summed E-state index contributed by atoms with van der Waals surface area (Å²) in [7, 11) is 0. The second-order valence-electron chi connectivity index (χ2n) is 5.80. The van der Waals surface area contributed by atoms with Gasteiger partial charge in [-0.15, -0.1) is 0 Å². The molecule has 0 aliphatic carbocycles. The predicted octanol–water partition coefficient (Wildman–Crippen LogP) is 3.28. The van der Waals surface area contributed by atoms with Crippen LogP contribution in [0.3, 0.4) is 0 Å². The van der Waals surface area contributed by atoms with Gasteiger partial charge in [0.1, 0.15) is 0 Å². The van der Waals surface area contributed by atoms with E-state index in [0.29, 0.717) is 23.4 Å². The Labute approximate surface area is 152 Å². The smallest absolute Gasteiger partial charge is 0.338 e. The maximum atomic E-state index is 12.0. The van der Waals surface area contributed by atoms with Crippen LogP contribution in [0, 0.1) is 13.8 Å². The molecule has 0 radical (unpaired) electrons. The molecule has 0 bridgehead atoms. The minimum Gasteiger partial charge on any atom is -0.462 e.